The van der Waals surface area contributed by atoms with Crippen molar-refractivity contribution < 1.29 is 18.3 Å². The van der Waals surface area contributed by atoms with Crippen molar-refractivity contribution in [2.75, 3.05) is 26.8 Å². The molecule has 1 atom stereocenters. The number of fused-ring (bicyclic) bond motifs is 1. The maximum Gasteiger partial charge on any atom is 0.282 e. The molecule has 0 amide bonds. The first-order valence-corrected chi connectivity index (χ1v) is 9.01. The molecule has 2 aliphatic rings. The number of methoxy groups -OCH3 is 1. The molecule has 2 aromatic rings. The number of nitrogens with zero attached hydrogens (tertiary/aromatic N) is 4. The van der Waals surface area contributed by atoms with Crippen LogP contribution in [-0.4, -0.2) is 66.1 Å². The zero-order valence-corrected chi connectivity index (χ0v) is 15.7. The molecule has 0 bridgehead atoms. The lowest BCUT2D eigenvalue weighted by atomic mass is 10.1. The van der Waals surface area contributed by atoms with E-state index in [0.717, 1.165) is 10.9 Å². The van der Waals surface area contributed by atoms with E-state index in [4.69, 9.17) is 9.47 Å². The van der Waals surface area contributed by atoms with Gasteiger partial charge in [0.2, 0.25) is 0 Å². The third kappa shape index (κ3) is 3.75. The van der Waals surface area contributed by atoms with Crippen LogP contribution in [0, 0.1) is 0 Å². The number of rotatable bonds is 5. The van der Waals surface area contributed by atoms with Crippen LogP contribution < -0.4 is 4.74 Å². The number of hydrogen-bond donors (Lipinski definition) is 1. The maximum absolute atomic E-state index is 13.1. The zero-order chi connectivity index (χ0) is 19.7. The van der Waals surface area contributed by atoms with Crippen LogP contribution in [0.4, 0.5) is 8.78 Å². The number of amidine groups is 1. The lowest BCUT2D eigenvalue weighted by Gasteiger charge is -2.40. The minimum absolute atomic E-state index is 0.0847. The average Bonchev–Trinajstić information content (AvgIpc) is 2.88. The van der Waals surface area contributed by atoms with Gasteiger partial charge in [0.15, 0.2) is 0 Å². The third-order valence-corrected chi connectivity index (χ3v) is 4.61. The number of H-pyrrole nitrogens is 1. The van der Waals surface area contributed by atoms with Gasteiger partial charge in [-0.15, -0.1) is 0 Å². The van der Waals surface area contributed by atoms with Crippen molar-refractivity contribution in [3.05, 3.63) is 30.0 Å². The van der Waals surface area contributed by atoms with E-state index in [1.165, 1.54) is 6.34 Å². The Balaban J connectivity index is 1.55. The van der Waals surface area contributed by atoms with Gasteiger partial charge in [-0.25, -0.2) is 18.8 Å². The van der Waals surface area contributed by atoms with Crippen molar-refractivity contribution in [1.82, 2.24) is 15.1 Å². The quantitative estimate of drug-likeness (QED) is 0.853. The predicted octanol–water partition coefficient (Wildman–Crippen LogP) is 3.10. The first-order chi connectivity index (χ1) is 13.4. The minimum Gasteiger partial charge on any atom is -0.488 e. The summed E-state index contributed by atoms with van der Waals surface area (Å²) in [5, 5.41) is 8.22. The highest BCUT2D eigenvalue weighted by atomic mass is 19.3. The first-order valence-electron chi connectivity index (χ1n) is 9.01. The fourth-order valence-electron chi connectivity index (χ4n) is 3.28. The topological polar surface area (TPSA) is 75.1 Å². The van der Waals surface area contributed by atoms with Gasteiger partial charge in [-0.3, -0.25) is 5.10 Å². The molecular formula is C19H21F2N5O2. The Bertz CT molecular complexity index is 958. The SMILES string of the molecule is COCC(C)Oc1ccc2[nH]nc(C3=CCC(N4CC(F)(F)C4)=NC=N3)c2c1. The monoisotopic (exact) mass is 389 g/mol. The van der Waals surface area contributed by atoms with E-state index in [1.54, 1.807) is 12.0 Å². The number of halogens is 2. The van der Waals surface area contributed by atoms with Crippen LogP contribution in [0.25, 0.3) is 16.6 Å². The van der Waals surface area contributed by atoms with Crippen molar-refractivity contribution in [1.29, 1.82) is 0 Å². The van der Waals surface area contributed by atoms with Gasteiger partial charge in [-0.2, -0.15) is 5.10 Å². The van der Waals surface area contributed by atoms with Gasteiger partial charge in [-0.05, 0) is 31.2 Å². The van der Waals surface area contributed by atoms with Crippen LogP contribution in [-0.2, 0) is 4.74 Å². The molecule has 1 aromatic carbocycles. The molecule has 1 saturated heterocycles. The third-order valence-electron chi connectivity index (χ3n) is 4.61. The van der Waals surface area contributed by atoms with Crippen molar-refractivity contribution in [2.24, 2.45) is 9.98 Å². The van der Waals surface area contributed by atoms with Crippen LogP contribution in [0.15, 0.2) is 34.3 Å². The molecule has 0 aliphatic carbocycles. The van der Waals surface area contributed by atoms with Gasteiger partial charge >= 0.3 is 0 Å². The first kappa shape index (κ1) is 18.5. The second-order valence-corrected chi connectivity index (χ2v) is 6.96. The van der Waals surface area contributed by atoms with Crippen LogP contribution in [0.5, 0.6) is 5.75 Å². The Morgan fingerprint density at radius 3 is 2.89 bits per heavy atom. The highest BCUT2D eigenvalue weighted by molar-refractivity contribution is 5.97. The maximum atomic E-state index is 13.1. The largest absolute Gasteiger partial charge is 0.488 e. The summed E-state index contributed by atoms with van der Waals surface area (Å²) in [5.41, 5.74) is 2.16. The second kappa shape index (κ2) is 7.31. The number of aromatic amines is 1. The number of nitrogens with one attached hydrogen (secondary N) is 1. The molecule has 7 nitrogen and oxygen atoms in total. The fraction of sp³-hybridized carbons (Fsp3) is 0.421. The lowest BCUT2D eigenvalue weighted by molar-refractivity contribution is -0.101. The van der Waals surface area contributed by atoms with E-state index >= 15 is 0 Å². The van der Waals surface area contributed by atoms with Gasteiger partial charge in [0, 0.05) is 18.9 Å². The van der Waals surface area contributed by atoms with Gasteiger partial charge in [0.1, 0.15) is 29.7 Å². The number of ether oxygens (including phenoxy) is 2. The summed E-state index contributed by atoms with van der Waals surface area (Å²) in [4.78, 5) is 10.1. The van der Waals surface area contributed by atoms with Gasteiger partial charge in [-0.1, -0.05) is 0 Å². The molecule has 1 N–H and O–H groups in total. The predicted molar refractivity (Wildman–Crippen MR) is 103 cm³/mol. The summed E-state index contributed by atoms with van der Waals surface area (Å²) >= 11 is 0. The molecule has 4 rings (SSSR count). The van der Waals surface area contributed by atoms with Crippen LogP contribution in [0.2, 0.25) is 0 Å². The summed E-state index contributed by atoms with van der Waals surface area (Å²) in [6.45, 7) is 1.82. The Labute approximate surface area is 160 Å². The summed E-state index contributed by atoms with van der Waals surface area (Å²) in [6.07, 6.45) is 3.58. The number of hydrogen-bond acceptors (Lipinski definition) is 6. The van der Waals surface area contributed by atoms with Crippen molar-refractivity contribution in [2.45, 2.75) is 25.4 Å². The Hall–Kier alpha value is -2.81. The second-order valence-electron chi connectivity index (χ2n) is 6.96. The standard InChI is InChI=1S/C19H21F2N5O2/c1-12(8-27-2)28-13-3-4-15-14(7-13)18(25-24-15)16-5-6-17(23-11-22-16)26-9-19(20,21)10-26/h3-5,7,11-12H,6,8-10H2,1-2H3,(H,24,25). The van der Waals surface area contributed by atoms with E-state index < -0.39 is 5.92 Å². The molecule has 0 saturated carbocycles. The van der Waals surface area contributed by atoms with Crippen LogP contribution >= 0.6 is 0 Å². The van der Waals surface area contributed by atoms with Crippen molar-refractivity contribution in [3.8, 4) is 5.75 Å². The van der Waals surface area contributed by atoms with Crippen LogP contribution in [0.3, 0.4) is 0 Å². The van der Waals surface area contributed by atoms with Gasteiger partial charge < -0.3 is 14.4 Å². The Kier molecular flexibility index (Phi) is 4.84. The summed E-state index contributed by atoms with van der Waals surface area (Å²) in [7, 11) is 1.63. The molecule has 9 heteroatoms. The number of likely N-dealkylation sites (tertiary alicyclic amines) is 1. The molecule has 1 fully saturated rings. The zero-order valence-electron chi connectivity index (χ0n) is 15.7. The smallest absolute Gasteiger partial charge is 0.282 e. The molecule has 1 unspecified atom stereocenters. The molecule has 0 radical (unpaired) electrons. The molecule has 0 spiro atoms. The molecule has 3 heterocycles. The summed E-state index contributed by atoms with van der Waals surface area (Å²) in [6, 6.07) is 5.66. The number of aliphatic imine (C=N–C) groups is 2. The molecule has 28 heavy (non-hydrogen) atoms. The molecule has 2 aliphatic heterocycles. The summed E-state index contributed by atoms with van der Waals surface area (Å²) < 4.78 is 37.2. The lowest BCUT2D eigenvalue weighted by Crippen LogP contribution is -2.58. The van der Waals surface area contributed by atoms with Gasteiger partial charge in [0.05, 0.1) is 30.9 Å². The Morgan fingerprint density at radius 1 is 1.32 bits per heavy atom. The highest BCUT2D eigenvalue weighted by Gasteiger charge is 2.45. The van der Waals surface area contributed by atoms with E-state index in [-0.39, 0.29) is 19.2 Å². The minimum atomic E-state index is -2.63. The van der Waals surface area contributed by atoms with E-state index in [0.29, 0.717) is 36.0 Å². The van der Waals surface area contributed by atoms with Crippen molar-refractivity contribution >= 4 is 28.8 Å². The Morgan fingerprint density at radius 2 is 2.14 bits per heavy atom. The normalized spacial score (nSPS) is 19.6. The number of alkyl halides is 2. The number of aromatic nitrogens is 2. The van der Waals surface area contributed by atoms with E-state index in [1.807, 2.05) is 31.2 Å². The van der Waals surface area contributed by atoms with Crippen LogP contribution in [0.1, 0.15) is 19.0 Å². The van der Waals surface area contributed by atoms with E-state index in [2.05, 4.69) is 20.2 Å². The number of benzene rings is 1. The fourth-order valence-corrected chi connectivity index (χ4v) is 3.28. The van der Waals surface area contributed by atoms with Crippen molar-refractivity contribution in [3.63, 3.8) is 0 Å². The molecule has 1 aromatic heterocycles. The highest BCUT2D eigenvalue weighted by Crippen LogP contribution is 2.31. The summed E-state index contributed by atoms with van der Waals surface area (Å²) in [5.74, 6) is -1.34. The molecule has 148 valence electrons. The van der Waals surface area contributed by atoms with Gasteiger partial charge in [0.25, 0.3) is 5.92 Å². The molecular weight excluding hydrogens is 368 g/mol. The van der Waals surface area contributed by atoms with E-state index in [9.17, 15) is 8.78 Å². The average molecular weight is 389 g/mol.